The zero-order valence-corrected chi connectivity index (χ0v) is 23.2. The van der Waals surface area contributed by atoms with Gasteiger partial charge in [-0.1, -0.05) is 26.8 Å². The molecule has 0 amide bonds. The minimum Gasteiger partial charge on any atom is -0.472 e. The Balaban J connectivity index is 1.59. The molecule has 1 aromatic heterocycles. The molecule has 3 saturated carbocycles. The van der Waals surface area contributed by atoms with E-state index in [1.165, 1.54) is 19.9 Å². The van der Waals surface area contributed by atoms with Gasteiger partial charge in [0, 0.05) is 36.7 Å². The van der Waals surface area contributed by atoms with Crippen LogP contribution in [0.15, 0.2) is 35.2 Å². The average Bonchev–Trinajstić information content (AvgIpc) is 3.19. The zero-order chi connectivity index (χ0) is 27.5. The average molecular weight is 527 g/mol. The third-order valence-electron chi connectivity index (χ3n) is 11.1. The van der Waals surface area contributed by atoms with Gasteiger partial charge in [-0.3, -0.25) is 9.59 Å². The second-order valence-corrected chi connectivity index (χ2v) is 13.3. The van der Waals surface area contributed by atoms with Crippen LogP contribution in [0, 0.1) is 28.1 Å². The number of carbonyl (C=O) groups is 3. The van der Waals surface area contributed by atoms with E-state index in [1.54, 1.807) is 6.26 Å². The number of allylic oxidation sites excluding steroid dienone is 1. The third kappa shape index (κ3) is 2.98. The highest BCUT2D eigenvalue weighted by atomic mass is 16.6. The van der Waals surface area contributed by atoms with Crippen molar-refractivity contribution < 1.29 is 37.7 Å². The van der Waals surface area contributed by atoms with Gasteiger partial charge in [-0.25, -0.2) is 4.79 Å². The number of rotatable bonds is 3. The van der Waals surface area contributed by atoms with Crippen LogP contribution in [0.4, 0.5) is 0 Å². The predicted molar refractivity (Wildman–Crippen MR) is 135 cm³/mol. The van der Waals surface area contributed by atoms with Crippen molar-refractivity contribution in [3.05, 3.63) is 36.3 Å². The van der Waals surface area contributed by atoms with E-state index in [4.69, 9.17) is 23.4 Å². The highest BCUT2D eigenvalue weighted by Crippen LogP contribution is 2.82. The molecule has 0 N–H and O–H groups in total. The molecule has 206 valence electrons. The summed E-state index contributed by atoms with van der Waals surface area (Å²) in [6.45, 7) is 13.1. The first kappa shape index (κ1) is 25.7. The maximum Gasteiger partial charge on any atom is 0.330 e. The van der Waals surface area contributed by atoms with Gasteiger partial charge < -0.3 is 23.4 Å². The molecule has 8 nitrogen and oxygen atoms in total. The van der Waals surface area contributed by atoms with Crippen LogP contribution < -0.4 is 0 Å². The van der Waals surface area contributed by atoms with Gasteiger partial charge in [-0.15, -0.1) is 0 Å². The van der Waals surface area contributed by atoms with E-state index >= 15 is 0 Å². The number of furan rings is 1. The monoisotopic (exact) mass is 526 g/mol. The highest BCUT2D eigenvalue weighted by Gasteiger charge is 2.88. The Kier molecular flexibility index (Phi) is 5.22. The molecule has 0 unspecified atom stereocenters. The largest absolute Gasteiger partial charge is 0.472 e. The van der Waals surface area contributed by atoms with Gasteiger partial charge >= 0.3 is 17.9 Å². The Hall–Kier alpha value is -2.61. The Labute approximate surface area is 223 Å². The summed E-state index contributed by atoms with van der Waals surface area (Å²) in [6.07, 6.45) is 7.91. The molecule has 0 aromatic carbocycles. The molecule has 4 fully saturated rings. The number of ether oxygens (including phenoxy) is 4. The van der Waals surface area contributed by atoms with Crippen LogP contribution in [0.2, 0.25) is 0 Å². The fourth-order valence-corrected chi connectivity index (χ4v) is 10.2. The lowest BCUT2D eigenvalue weighted by Gasteiger charge is -2.68. The van der Waals surface area contributed by atoms with Crippen molar-refractivity contribution in [1.82, 2.24) is 0 Å². The van der Waals surface area contributed by atoms with E-state index in [2.05, 4.69) is 20.8 Å². The van der Waals surface area contributed by atoms with Crippen LogP contribution in [-0.2, 0) is 33.3 Å². The minimum atomic E-state index is -0.994. The van der Waals surface area contributed by atoms with Gasteiger partial charge in [-0.05, 0) is 62.0 Å². The first-order valence-electron chi connectivity index (χ1n) is 13.7. The number of epoxide rings is 1. The van der Waals surface area contributed by atoms with Crippen LogP contribution in [-0.4, -0.2) is 47.4 Å². The van der Waals surface area contributed by atoms with Crippen LogP contribution >= 0.6 is 0 Å². The number of carbonyl (C=O) groups excluding carboxylic acids is 3. The van der Waals surface area contributed by atoms with Crippen LogP contribution in [0.3, 0.4) is 0 Å². The molecule has 2 aliphatic heterocycles. The summed E-state index contributed by atoms with van der Waals surface area (Å²) in [6, 6.07) is 2.03. The highest BCUT2D eigenvalue weighted by molar-refractivity contribution is 5.83. The van der Waals surface area contributed by atoms with Gasteiger partial charge in [0.25, 0.3) is 0 Å². The van der Waals surface area contributed by atoms with E-state index in [-0.39, 0.29) is 23.4 Å². The molecule has 0 bridgehead atoms. The first-order chi connectivity index (χ1) is 17.7. The lowest BCUT2D eigenvalue weighted by molar-refractivity contribution is -0.280. The standard InChI is InChI=1S/C30H38O8/c1-16(31)35-23-24-26(3,4)38-22(33)9-11-27(24,5)20-8-12-28(6)19(18-10-13-34-15-18)14-21-30(28,37-21)29(20,7)25(23)36-17(2)32/h9-11,13,15,19-21,23-25H,8,12,14H2,1-7H3/t19-,20+,21+,23+,24-,25+,27+,28-,29-,30+/m0/s1. The number of hydrogen-bond donors (Lipinski definition) is 0. The van der Waals surface area contributed by atoms with E-state index in [9.17, 15) is 14.4 Å². The molecule has 8 heteroatoms. The fourth-order valence-electron chi connectivity index (χ4n) is 10.2. The lowest BCUT2D eigenvalue weighted by atomic mass is 9.38. The van der Waals surface area contributed by atoms with Crippen LogP contribution in [0.25, 0.3) is 0 Å². The molecular weight excluding hydrogens is 488 g/mol. The number of fused-ring (bicyclic) bond motifs is 3. The molecular formula is C30H38O8. The van der Waals surface area contributed by atoms with Crippen molar-refractivity contribution in [2.24, 2.45) is 28.1 Å². The summed E-state index contributed by atoms with van der Waals surface area (Å²) >= 11 is 0. The van der Waals surface area contributed by atoms with Crippen molar-refractivity contribution in [2.75, 3.05) is 0 Å². The summed E-state index contributed by atoms with van der Waals surface area (Å²) in [4.78, 5) is 38.1. The molecule has 0 radical (unpaired) electrons. The Bertz CT molecular complexity index is 1220. The number of cyclic esters (lactones) is 1. The molecule has 38 heavy (non-hydrogen) atoms. The predicted octanol–water partition coefficient (Wildman–Crippen LogP) is 4.72. The van der Waals surface area contributed by atoms with Crippen molar-refractivity contribution in [2.45, 2.75) is 103 Å². The Morgan fingerprint density at radius 1 is 1.05 bits per heavy atom. The molecule has 1 saturated heterocycles. The lowest BCUT2D eigenvalue weighted by Crippen LogP contribution is -2.74. The smallest absolute Gasteiger partial charge is 0.330 e. The number of esters is 3. The first-order valence-corrected chi connectivity index (χ1v) is 13.7. The van der Waals surface area contributed by atoms with Gasteiger partial charge in [0.15, 0.2) is 0 Å². The summed E-state index contributed by atoms with van der Waals surface area (Å²) in [5, 5.41) is 0. The molecule has 1 spiro atoms. The molecule has 3 aliphatic carbocycles. The van der Waals surface area contributed by atoms with E-state index in [0.717, 1.165) is 24.8 Å². The molecule has 10 atom stereocenters. The summed E-state index contributed by atoms with van der Waals surface area (Å²) in [5.74, 6) is -1.62. The summed E-state index contributed by atoms with van der Waals surface area (Å²) in [7, 11) is 0. The molecule has 3 heterocycles. The van der Waals surface area contributed by atoms with Crippen molar-refractivity contribution in [3.8, 4) is 0 Å². The van der Waals surface area contributed by atoms with Crippen molar-refractivity contribution >= 4 is 17.9 Å². The van der Waals surface area contributed by atoms with Gasteiger partial charge in [0.1, 0.15) is 23.4 Å². The third-order valence-corrected chi connectivity index (χ3v) is 11.1. The van der Waals surface area contributed by atoms with Gasteiger partial charge in [0.2, 0.25) is 0 Å². The molecule has 1 aromatic rings. The van der Waals surface area contributed by atoms with Gasteiger partial charge in [-0.2, -0.15) is 0 Å². The molecule has 6 rings (SSSR count). The SMILES string of the molecule is CC(=O)O[C@H]1[C@@H](OC(C)=O)[C@]2(C)[C@H](CC[C@@]3(C)[C@H](c4ccoc4)C[C@H]4O[C@@]423)[C@@]2(C)C=CC(=O)OC(C)(C)[C@H]12. The Morgan fingerprint density at radius 2 is 1.76 bits per heavy atom. The summed E-state index contributed by atoms with van der Waals surface area (Å²) < 4.78 is 30.5. The van der Waals surface area contributed by atoms with Crippen molar-refractivity contribution in [3.63, 3.8) is 0 Å². The topological polar surface area (TPSA) is 105 Å². The molecule has 5 aliphatic rings. The normalized spacial score (nSPS) is 47.9. The van der Waals surface area contributed by atoms with Crippen LogP contribution in [0.1, 0.15) is 79.2 Å². The maximum absolute atomic E-state index is 12.8. The van der Waals surface area contributed by atoms with Crippen molar-refractivity contribution in [1.29, 1.82) is 0 Å². The van der Waals surface area contributed by atoms with E-state index in [1.807, 2.05) is 32.3 Å². The van der Waals surface area contributed by atoms with E-state index in [0.29, 0.717) is 0 Å². The summed E-state index contributed by atoms with van der Waals surface area (Å²) in [5.41, 5.74) is -2.03. The fraction of sp³-hybridized carbons (Fsp3) is 0.700. The second kappa shape index (κ2) is 7.74. The van der Waals surface area contributed by atoms with Crippen LogP contribution in [0.5, 0.6) is 0 Å². The second-order valence-electron chi connectivity index (χ2n) is 13.3. The van der Waals surface area contributed by atoms with E-state index < -0.39 is 58.1 Å². The number of hydrogen-bond acceptors (Lipinski definition) is 8. The quantitative estimate of drug-likeness (QED) is 0.317. The Morgan fingerprint density at radius 3 is 2.39 bits per heavy atom. The minimum absolute atomic E-state index is 0.0305. The maximum atomic E-state index is 12.8. The van der Waals surface area contributed by atoms with Gasteiger partial charge in [0.05, 0.1) is 18.6 Å². The zero-order valence-electron chi connectivity index (χ0n) is 23.2.